The Hall–Kier alpha value is -3.16. The van der Waals surface area contributed by atoms with E-state index in [2.05, 4.69) is 20.8 Å². The Labute approximate surface area is 133 Å². The first-order valence-electron chi connectivity index (χ1n) is 6.83. The van der Waals surface area contributed by atoms with Gasteiger partial charge in [-0.2, -0.15) is 0 Å². The van der Waals surface area contributed by atoms with Crippen molar-refractivity contribution in [3.05, 3.63) is 47.4 Å². The molecule has 0 spiro atoms. The maximum atomic E-state index is 11.8. The normalized spacial score (nSPS) is 10.0. The van der Waals surface area contributed by atoms with Crippen molar-refractivity contribution in [3.63, 3.8) is 0 Å². The van der Waals surface area contributed by atoms with Crippen LogP contribution in [0.5, 0.6) is 5.75 Å². The van der Waals surface area contributed by atoms with Crippen LogP contribution >= 0.6 is 0 Å². The van der Waals surface area contributed by atoms with Gasteiger partial charge in [-0.1, -0.05) is 6.07 Å². The monoisotopic (exact) mass is 315 g/mol. The maximum absolute atomic E-state index is 11.8. The van der Waals surface area contributed by atoms with E-state index in [1.165, 1.54) is 12.4 Å². The van der Waals surface area contributed by atoms with E-state index in [9.17, 15) is 9.59 Å². The minimum Gasteiger partial charge on any atom is -0.484 e. The molecule has 120 valence electrons. The number of nitrogens with two attached hydrogens (primary N) is 1. The van der Waals surface area contributed by atoms with Gasteiger partial charge in [-0.05, 0) is 37.1 Å². The molecule has 0 bridgehead atoms. The van der Waals surface area contributed by atoms with Crippen molar-refractivity contribution >= 4 is 17.6 Å². The number of hydrogen-bond donors (Lipinski definition) is 3. The summed E-state index contributed by atoms with van der Waals surface area (Å²) in [5.74, 6) is -0.618. The first-order chi connectivity index (χ1) is 11.0. The number of aromatic nitrogens is 2. The van der Waals surface area contributed by atoms with Gasteiger partial charge in [-0.3, -0.25) is 20.4 Å². The number of amides is 2. The molecule has 0 saturated heterocycles. The summed E-state index contributed by atoms with van der Waals surface area (Å²) in [5.41, 5.74) is 12.1. The van der Waals surface area contributed by atoms with Gasteiger partial charge in [-0.15, -0.1) is 0 Å². The van der Waals surface area contributed by atoms with E-state index in [-0.39, 0.29) is 18.1 Å². The minimum atomic E-state index is -0.657. The lowest BCUT2D eigenvalue weighted by atomic mass is 10.1. The van der Waals surface area contributed by atoms with E-state index in [4.69, 9.17) is 10.5 Å². The van der Waals surface area contributed by atoms with Gasteiger partial charge in [0.2, 0.25) is 0 Å². The summed E-state index contributed by atoms with van der Waals surface area (Å²) >= 11 is 0. The molecular weight excluding hydrogens is 298 g/mol. The fourth-order valence-electron chi connectivity index (χ4n) is 1.70. The van der Waals surface area contributed by atoms with Gasteiger partial charge in [0.15, 0.2) is 18.1 Å². The highest BCUT2D eigenvalue weighted by atomic mass is 16.5. The number of anilines is 1. The molecule has 1 heterocycles. The van der Waals surface area contributed by atoms with Crippen molar-refractivity contribution in [1.82, 2.24) is 20.8 Å². The highest BCUT2D eigenvalue weighted by Crippen LogP contribution is 2.16. The van der Waals surface area contributed by atoms with Crippen LogP contribution in [0, 0.1) is 13.8 Å². The predicted molar refractivity (Wildman–Crippen MR) is 83.5 cm³/mol. The lowest BCUT2D eigenvalue weighted by Crippen LogP contribution is -2.44. The van der Waals surface area contributed by atoms with Crippen molar-refractivity contribution < 1.29 is 14.3 Å². The molecule has 0 aliphatic heterocycles. The maximum Gasteiger partial charge on any atom is 0.292 e. The third-order valence-electron chi connectivity index (χ3n) is 3.11. The van der Waals surface area contributed by atoms with E-state index >= 15 is 0 Å². The second kappa shape index (κ2) is 7.21. The number of hydrazine groups is 1. The van der Waals surface area contributed by atoms with Crippen LogP contribution in [-0.2, 0) is 4.79 Å². The molecule has 23 heavy (non-hydrogen) atoms. The Bertz CT molecular complexity index is 733. The second-order valence-electron chi connectivity index (χ2n) is 4.83. The third-order valence-corrected chi connectivity index (χ3v) is 3.11. The molecule has 0 saturated carbocycles. The smallest absolute Gasteiger partial charge is 0.292 e. The van der Waals surface area contributed by atoms with E-state index in [0.717, 1.165) is 11.1 Å². The molecule has 0 aliphatic rings. The van der Waals surface area contributed by atoms with Crippen molar-refractivity contribution in [1.29, 1.82) is 0 Å². The number of aryl methyl sites for hydroxylation is 2. The molecule has 0 aliphatic carbocycles. The Morgan fingerprint density at radius 1 is 1.13 bits per heavy atom. The number of hydrogen-bond acceptors (Lipinski definition) is 6. The SMILES string of the molecule is Cc1ccc(OCC(=O)NNC(=O)c2nccnc2N)cc1C. The zero-order valence-electron chi connectivity index (χ0n) is 12.8. The molecule has 1 aromatic carbocycles. The Morgan fingerprint density at radius 2 is 1.87 bits per heavy atom. The molecule has 8 heteroatoms. The molecule has 8 nitrogen and oxygen atoms in total. The zero-order valence-corrected chi connectivity index (χ0v) is 12.8. The molecule has 2 amide bonds. The summed E-state index contributed by atoms with van der Waals surface area (Å²) in [7, 11) is 0. The fourth-order valence-corrected chi connectivity index (χ4v) is 1.70. The van der Waals surface area contributed by atoms with Gasteiger partial charge in [0, 0.05) is 12.4 Å². The van der Waals surface area contributed by atoms with Gasteiger partial charge >= 0.3 is 0 Å². The molecule has 0 fully saturated rings. The molecule has 2 aromatic rings. The Kier molecular flexibility index (Phi) is 5.08. The average Bonchev–Trinajstić information content (AvgIpc) is 2.54. The van der Waals surface area contributed by atoms with Crippen LogP contribution in [0.2, 0.25) is 0 Å². The molecule has 4 N–H and O–H groups in total. The standard InChI is InChI=1S/C15H17N5O3/c1-9-3-4-11(7-10(9)2)23-8-12(21)19-20-15(22)13-14(16)18-6-5-17-13/h3-7H,8H2,1-2H3,(H2,16,18)(H,19,21)(H,20,22). The van der Waals surface area contributed by atoms with Gasteiger partial charge in [0.05, 0.1) is 0 Å². The highest BCUT2D eigenvalue weighted by Gasteiger charge is 2.13. The predicted octanol–water partition coefficient (Wildman–Crippen LogP) is 0.516. The quantitative estimate of drug-likeness (QED) is 0.707. The van der Waals surface area contributed by atoms with Crippen LogP contribution in [0.4, 0.5) is 5.82 Å². The summed E-state index contributed by atoms with van der Waals surface area (Å²) in [6.45, 7) is 3.70. The number of carbonyl (C=O) groups is 2. The lowest BCUT2D eigenvalue weighted by Gasteiger charge is -2.10. The van der Waals surface area contributed by atoms with E-state index in [0.29, 0.717) is 5.75 Å². The Morgan fingerprint density at radius 3 is 2.57 bits per heavy atom. The molecule has 0 unspecified atom stereocenters. The van der Waals surface area contributed by atoms with Gasteiger partial charge in [0.25, 0.3) is 11.8 Å². The van der Waals surface area contributed by atoms with Crippen molar-refractivity contribution in [3.8, 4) is 5.75 Å². The average molecular weight is 315 g/mol. The summed E-state index contributed by atoms with van der Waals surface area (Å²) in [6, 6.07) is 5.51. The summed E-state index contributed by atoms with van der Waals surface area (Å²) in [4.78, 5) is 31.0. The summed E-state index contributed by atoms with van der Waals surface area (Å²) in [6.07, 6.45) is 2.69. The number of carbonyl (C=O) groups excluding carboxylic acids is 2. The molecule has 1 aromatic heterocycles. The van der Waals surface area contributed by atoms with Crippen molar-refractivity contribution in [2.45, 2.75) is 13.8 Å². The first-order valence-corrected chi connectivity index (χ1v) is 6.83. The minimum absolute atomic E-state index is 0.0226. The lowest BCUT2D eigenvalue weighted by molar-refractivity contribution is -0.123. The first kappa shape index (κ1) is 16.2. The number of benzene rings is 1. The van der Waals surface area contributed by atoms with Crippen LogP contribution in [0.3, 0.4) is 0 Å². The van der Waals surface area contributed by atoms with Gasteiger partial charge < -0.3 is 10.5 Å². The third kappa shape index (κ3) is 4.40. The van der Waals surface area contributed by atoms with Gasteiger partial charge in [-0.25, -0.2) is 9.97 Å². The number of rotatable bonds is 4. The van der Waals surface area contributed by atoms with E-state index < -0.39 is 11.8 Å². The van der Waals surface area contributed by atoms with Crippen LogP contribution in [0.15, 0.2) is 30.6 Å². The van der Waals surface area contributed by atoms with E-state index in [1.807, 2.05) is 26.0 Å². The van der Waals surface area contributed by atoms with Crippen LogP contribution < -0.4 is 21.3 Å². The van der Waals surface area contributed by atoms with Gasteiger partial charge in [0.1, 0.15) is 5.75 Å². The van der Waals surface area contributed by atoms with Crippen LogP contribution in [0.1, 0.15) is 21.6 Å². The topological polar surface area (TPSA) is 119 Å². The molecular formula is C15H17N5O3. The van der Waals surface area contributed by atoms with Crippen molar-refractivity contribution in [2.75, 3.05) is 12.3 Å². The van der Waals surface area contributed by atoms with Crippen molar-refractivity contribution in [2.24, 2.45) is 0 Å². The zero-order chi connectivity index (χ0) is 16.8. The van der Waals surface area contributed by atoms with Crippen LogP contribution in [0.25, 0.3) is 0 Å². The number of nitrogen functional groups attached to an aromatic ring is 1. The number of nitrogens with one attached hydrogen (secondary N) is 2. The summed E-state index contributed by atoms with van der Waals surface area (Å²) in [5, 5.41) is 0. The van der Waals surface area contributed by atoms with E-state index in [1.54, 1.807) is 6.07 Å². The Balaban J connectivity index is 1.82. The molecule has 0 atom stereocenters. The highest BCUT2D eigenvalue weighted by molar-refractivity contribution is 5.97. The molecule has 0 radical (unpaired) electrons. The second-order valence-corrected chi connectivity index (χ2v) is 4.83. The summed E-state index contributed by atoms with van der Waals surface area (Å²) < 4.78 is 5.35. The van der Waals surface area contributed by atoms with Crippen LogP contribution in [-0.4, -0.2) is 28.4 Å². The number of ether oxygens (including phenoxy) is 1. The molecule has 2 rings (SSSR count). The largest absolute Gasteiger partial charge is 0.484 e. The fraction of sp³-hybridized carbons (Fsp3) is 0.200. The number of nitrogens with zero attached hydrogens (tertiary/aromatic N) is 2.